The van der Waals surface area contributed by atoms with Crippen LogP contribution in [0.5, 0.6) is 5.75 Å². The van der Waals surface area contributed by atoms with Gasteiger partial charge in [0.2, 0.25) is 0 Å². The average Bonchev–Trinajstić information content (AvgIpc) is 3.16. The van der Waals surface area contributed by atoms with Crippen LogP contribution in [0.25, 0.3) is 17.1 Å². The van der Waals surface area contributed by atoms with E-state index in [1.807, 2.05) is 49.6 Å². The minimum atomic E-state index is -0.430. The van der Waals surface area contributed by atoms with Crippen molar-refractivity contribution in [2.75, 3.05) is 0 Å². The van der Waals surface area contributed by atoms with E-state index in [0.717, 1.165) is 33.5 Å². The van der Waals surface area contributed by atoms with E-state index in [2.05, 4.69) is 28.4 Å². The number of aromatic amines is 1. The first-order valence-corrected chi connectivity index (χ1v) is 10.5. The maximum Gasteiger partial charge on any atom is 0.311 e. The summed E-state index contributed by atoms with van der Waals surface area (Å²) in [7, 11) is 0. The SMILES string of the molecule is Cc1ccc(C)c(-n2c(-c3cccc(COc4ccc(C)cc4[N+](=O)[O-])c3)n[nH]c2=S)c1. The maximum absolute atomic E-state index is 11.4. The molecule has 0 unspecified atom stereocenters. The predicted octanol–water partition coefficient (Wildman–Crippen LogP) is 6.01. The van der Waals surface area contributed by atoms with Crippen LogP contribution in [0.3, 0.4) is 0 Å². The van der Waals surface area contributed by atoms with Crippen molar-refractivity contribution >= 4 is 17.9 Å². The third-order valence-corrected chi connectivity index (χ3v) is 5.44. The molecule has 1 heterocycles. The molecule has 0 atom stereocenters. The second-order valence-electron chi connectivity index (χ2n) is 7.70. The van der Waals surface area contributed by atoms with Gasteiger partial charge in [-0.3, -0.25) is 19.8 Å². The summed E-state index contributed by atoms with van der Waals surface area (Å²) in [6, 6.07) is 18.8. The predicted molar refractivity (Wildman–Crippen MR) is 126 cm³/mol. The van der Waals surface area contributed by atoms with E-state index in [1.54, 1.807) is 12.1 Å². The normalized spacial score (nSPS) is 10.8. The zero-order chi connectivity index (χ0) is 22.8. The molecule has 0 radical (unpaired) electrons. The van der Waals surface area contributed by atoms with Crippen LogP contribution in [-0.4, -0.2) is 19.7 Å². The maximum atomic E-state index is 11.4. The van der Waals surface area contributed by atoms with Crippen LogP contribution < -0.4 is 4.74 Å². The fourth-order valence-corrected chi connectivity index (χ4v) is 3.76. The van der Waals surface area contributed by atoms with E-state index in [0.29, 0.717) is 10.6 Å². The van der Waals surface area contributed by atoms with Gasteiger partial charge in [0.15, 0.2) is 16.3 Å². The highest BCUT2D eigenvalue weighted by Gasteiger charge is 2.16. The molecule has 162 valence electrons. The lowest BCUT2D eigenvalue weighted by Crippen LogP contribution is -2.02. The lowest BCUT2D eigenvalue weighted by Gasteiger charge is -2.12. The van der Waals surface area contributed by atoms with Crippen molar-refractivity contribution < 1.29 is 9.66 Å². The number of ether oxygens (including phenoxy) is 1. The zero-order valence-corrected chi connectivity index (χ0v) is 18.8. The van der Waals surface area contributed by atoms with Gasteiger partial charge in [-0.1, -0.05) is 36.4 Å². The van der Waals surface area contributed by atoms with Crippen LogP contribution in [0.1, 0.15) is 22.3 Å². The number of nitrogens with zero attached hydrogens (tertiary/aromatic N) is 3. The molecular weight excluding hydrogens is 424 g/mol. The van der Waals surface area contributed by atoms with Crippen molar-refractivity contribution in [1.82, 2.24) is 14.8 Å². The topological polar surface area (TPSA) is 86.0 Å². The van der Waals surface area contributed by atoms with Crippen molar-refractivity contribution in [3.8, 4) is 22.8 Å². The lowest BCUT2D eigenvalue weighted by atomic mass is 10.1. The fraction of sp³-hybridized carbons (Fsp3) is 0.167. The van der Waals surface area contributed by atoms with Gasteiger partial charge in [-0.05, 0) is 73.4 Å². The van der Waals surface area contributed by atoms with Gasteiger partial charge in [0.1, 0.15) is 6.61 Å². The smallest absolute Gasteiger partial charge is 0.311 e. The number of benzene rings is 3. The summed E-state index contributed by atoms with van der Waals surface area (Å²) in [5.74, 6) is 0.927. The molecule has 3 aromatic carbocycles. The number of nitrogens with one attached hydrogen (secondary N) is 1. The molecule has 1 N–H and O–H groups in total. The van der Waals surface area contributed by atoms with Crippen LogP contribution in [0.4, 0.5) is 5.69 Å². The molecule has 32 heavy (non-hydrogen) atoms. The number of hydrogen-bond donors (Lipinski definition) is 1. The van der Waals surface area contributed by atoms with Gasteiger partial charge in [0.25, 0.3) is 0 Å². The van der Waals surface area contributed by atoms with Crippen molar-refractivity contribution in [3.63, 3.8) is 0 Å². The highest BCUT2D eigenvalue weighted by atomic mass is 32.1. The molecule has 0 amide bonds. The first kappa shape index (κ1) is 21.5. The first-order valence-electron chi connectivity index (χ1n) is 10.1. The molecule has 0 aliphatic carbocycles. The van der Waals surface area contributed by atoms with E-state index < -0.39 is 4.92 Å². The van der Waals surface area contributed by atoms with E-state index >= 15 is 0 Å². The molecule has 0 fully saturated rings. The number of hydrogen-bond acceptors (Lipinski definition) is 5. The molecule has 0 bridgehead atoms. The lowest BCUT2D eigenvalue weighted by molar-refractivity contribution is -0.386. The fourth-order valence-electron chi connectivity index (χ4n) is 3.53. The Bertz CT molecular complexity index is 1370. The van der Waals surface area contributed by atoms with Gasteiger partial charge < -0.3 is 4.74 Å². The number of aromatic nitrogens is 3. The highest BCUT2D eigenvalue weighted by molar-refractivity contribution is 7.71. The number of aryl methyl sites for hydroxylation is 3. The van der Waals surface area contributed by atoms with Gasteiger partial charge in [-0.25, -0.2) is 0 Å². The summed E-state index contributed by atoms with van der Waals surface area (Å²) in [5.41, 5.74) is 5.66. The molecule has 4 rings (SSSR count). The monoisotopic (exact) mass is 446 g/mol. The summed E-state index contributed by atoms with van der Waals surface area (Å²) in [4.78, 5) is 10.9. The Morgan fingerprint density at radius 2 is 1.81 bits per heavy atom. The Labute approximate surface area is 190 Å². The molecule has 0 saturated heterocycles. The summed E-state index contributed by atoms with van der Waals surface area (Å²) in [6.45, 7) is 6.07. The summed E-state index contributed by atoms with van der Waals surface area (Å²) >= 11 is 5.51. The second kappa shape index (κ2) is 8.76. The van der Waals surface area contributed by atoms with E-state index in [1.165, 1.54) is 6.07 Å². The van der Waals surface area contributed by atoms with Crippen LogP contribution in [0.2, 0.25) is 0 Å². The van der Waals surface area contributed by atoms with Gasteiger partial charge in [-0.15, -0.1) is 0 Å². The average molecular weight is 447 g/mol. The third-order valence-electron chi connectivity index (χ3n) is 5.17. The standard InChI is InChI=1S/C24H22N4O3S/c1-15-7-9-17(3)20(11-15)27-23(25-26-24(27)32)19-6-4-5-18(13-19)14-31-22-10-8-16(2)12-21(22)28(29)30/h4-13H,14H2,1-3H3,(H,26,32). The van der Waals surface area contributed by atoms with Crippen molar-refractivity contribution in [3.05, 3.63) is 97.8 Å². The Hall–Kier alpha value is -3.78. The molecule has 0 saturated carbocycles. The minimum absolute atomic E-state index is 0.0445. The largest absolute Gasteiger partial charge is 0.482 e. The number of H-pyrrole nitrogens is 1. The quantitative estimate of drug-likeness (QED) is 0.223. The number of nitro benzene ring substituents is 1. The molecule has 0 aliphatic heterocycles. The number of rotatable bonds is 6. The summed E-state index contributed by atoms with van der Waals surface area (Å²) in [5, 5.41) is 18.7. The third kappa shape index (κ3) is 4.31. The second-order valence-corrected chi connectivity index (χ2v) is 8.08. The Morgan fingerprint density at radius 3 is 2.59 bits per heavy atom. The van der Waals surface area contributed by atoms with E-state index in [9.17, 15) is 10.1 Å². The highest BCUT2D eigenvalue weighted by Crippen LogP contribution is 2.29. The summed E-state index contributed by atoms with van der Waals surface area (Å²) < 4.78 is 8.21. The molecular formula is C24H22N4O3S. The first-order chi connectivity index (χ1) is 15.3. The Morgan fingerprint density at radius 1 is 1.06 bits per heavy atom. The Balaban J connectivity index is 1.67. The van der Waals surface area contributed by atoms with Crippen LogP contribution in [0, 0.1) is 35.7 Å². The van der Waals surface area contributed by atoms with Gasteiger partial charge in [-0.2, -0.15) is 5.10 Å². The summed E-state index contributed by atoms with van der Waals surface area (Å²) in [6.07, 6.45) is 0. The van der Waals surface area contributed by atoms with Crippen molar-refractivity contribution in [2.45, 2.75) is 27.4 Å². The molecule has 4 aromatic rings. The Kier molecular flexibility index (Phi) is 5.87. The van der Waals surface area contributed by atoms with Gasteiger partial charge in [0.05, 0.1) is 10.6 Å². The van der Waals surface area contributed by atoms with Crippen LogP contribution >= 0.6 is 12.2 Å². The van der Waals surface area contributed by atoms with Crippen molar-refractivity contribution in [2.24, 2.45) is 0 Å². The van der Waals surface area contributed by atoms with Gasteiger partial charge >= 0.3 is 5.69 Å². The number of nitro groups is 1. The molecule has 8 heteroatoms. The molecule has 0 spiro atoms. The van der Waals surface area contributed by atoms with Gasteiger partial charge in [0, 0.05) is 11.6 Å². The van der Waals surface area contributed by atoms with E-state index in [-0.39, 0.29) is 18.0 Å². The van der Waals surface area contributed by atoms with Crippen molar-refractivity contribution in [1.29, 1.82) is 0 Å². The van der Waals surface area contributed by atoms with E-state index in [4.69, 9.17) is 17.0 Å². The minimum Gasteiger partial charge on any atom is -0.482 e. The molecule has 1 aromatic heterocycles. The zero-order valence-electron chi connectivity index (χ0n) is 18.0. The molecule has 0 aliphatic rings. The molecule has 7 nitrogen and oxygen atoms in total. The van der Waals surface area contributed by atoms with Crippen LogP contribution in [-0.2, 0) is 6.61 Å². The van der Waals surface area contributed by atoms with Crippen LogP contribution in [0.15, 0.2) is 60.7 Å².